The first-order valence-corrected chi connectivity index (χ1v) is 8.69. The minimum Gasteiger partial charge on any atom is -0.496 e. The molecule has 0 bridgehead atoms. The van der Waals surface area contributed by atoms with Crippen molar-refractivity contribution in [3.63, 3.8) is 0 Å². The Morgan fingerprint density at radius 3 is 2.72 bits per heavy atom. The lowest BCUT2D eigenvalue weighted by molar-refractivity contribution is 0.0876. The summed E-state index contributed by atoms with van der Waals surface area (Å²) in [5.74, 6) is 2.30. The molecule has 0 saturated carbocycles. The van der Waals surface area contributed by atoms with Gasteiger partial charge in [-0.05, 0) is 17.2 Å². The van der Waals surface area contributed by atoms with E-state index >= 15 is 0 Å². The first-order chi connectivity index (χ1) is 12.2. The summed E-state index contributed by atoms with van der Waals surface area (Å²) >= 11 is 0. The summed E-state index contributed by atoms with van der Waals surface area (Å²) in [7, 11) is 1.67. The first kappa shape index (κ1) is 16.2. The van der Waals surface area contributed by atoms with Gasteiger partial charge in [0.25, 0.3) is 0 Å². The van der Waals surface area contributed by atoms with Crippen molar-refractivity contribution in [3.8, 4) is 17.2 Å². The van der Waals surface area contributed by atoms with Gasteiger partial charge in [0, 0.05) is 37.7 Å². The molecule has 0 spiro atoms. The molecule has 5 nitrogen and oxygen atoms in total. The molecule has 0 aliphatic carbocycles. The van der Waals surface area contributed by atoms with Crippen LogP contribution in [0.5, 0.6) is 17.2 Å². The van der Waals surface area contributed by atoms with Crippen LogP contribution in [0.1, 0.15) is 29.2 Å². The van der Waals surface area contributed by atoms with Gasteiger partial charge in [-0.3, -0.25) is 4.90 Å². The number of hydrogen-bond donors (Lipinski definition) is 1. The van der Waals surface area contributed by atoms with Crippen LogP contribution >= 0.6 is 0 Å². The van der Waals surface area contributed by atoms with Crippen molar-refractivity contribution in [1.82, 2.24) is 4.90 Å². The van der Waals surface area contributed by atoms with Crippen molar-refractivity contribution in [3.05, 3.63) is 53.1 Å². The Morgan fingerprint density at radius 1 is 1.16 bits per heavy atom. The summed E-state index contributed by atoms with van der Waals surface area (Å²) < 4.78 is 17.1. The van der Waals surface area contributed by atoms with Crippen molar-refractivity contribution < 1.29 is 19.3 Å². The van der Waals surface area contributed by atoms with Crippen LogP contribution in [0.15, 0.2) is 36.4 Å². The summed E-state index contributed by atoms with van der Waals surface area (Å²) in [6.07, 6.45) is 0.415. The van der Waals surface area contributed by atoms with Gasteiger partial charge in [-0.25, -0.2) is 0 Å². The minimum atomic E-state index is -0.462. The van der Waals surface area contributed by atoms with Gasteiger partial charge < -0.3 is 19.3 Å². The SMILES string of the molecule is COc1cc2c(cc1CN1Cc3ccccc3[C@@H](O)C1)OCCCO2. The average Bonchev–Trinajstić information content (AvgIpc) is 2.86. The highest BCUT2D eigenvalue weighted by Gasteiger charge is 2.25. The number of fused-ring (bicyclic) bond motifs is 2. The Labute approximate surface area is 147 Å². The zero-order chi connectivity index (χ0) is 17.2. The van der Waals surface area contributed by atoms with Gasteiger partial charge in [-0.2, -0.15) is 0 Å². The normalized spacial score (nSPS) is 19.8. The zero-order valence-electron chi connectivity index (χ0n) is 14.4. The predicted molar refractivity (Wildman–Crippen MR) is 94.1 cm³/mol. The maximum atomic E-state index is 10.4. The van der Waals surface area contributed by atoms with Crippen LogP contribution in [0, 0.1) is 0 Å². The molecule has 5 heteroatoms. The van der Waals surface area contributed by atoms with E-state index in [-0.39, 0.29) is 0 Å². The smallest absolute Gasteiger partial charge is 0.164 e. The molecule has 132 valence electrons. The Morgan fingerprint density at radius 2 is 1.92 bits per heavy atom. The molecule has 0 saturated heterocycles. The molecule has 2 aromatic carbocycles. The number of rotatable bonds is 3. The van der Waals surface area contributed by atoms with Crippen LogP contribution < -0.4 is 14.2 Å². The lowest BCUT2D eigenvalue weighted by atomic mass is 9.97. The van der Waals surface area contributed by atoms with Crippen LogP contribution in [0.25, 0.3) is 0 Å². The third-order valence-corrected chi connectivity index (χ3v) is 4.78. The molecule has 2 aliphatic heterocycles. The molecule has 0 fully saturated rings. The number of benzene rings is 2. The summed E-state index contributed by atoms with van der Waals surface area (Å²) in [5, 5.41) is 10.4. The van der Waals surface area contributed by atoms with Crippen molar-refractivity contribution in [1.29, 1.82) is 0 Å². The number of nitrogens with zero attached hydrogens (tertiary/aromatic N) is 1. The maximum absolute atomic E-state index is 10.4. The third kappa shape index (κ3) is 3.30. The van der Waals surface area contributed by atoms with Crippen molar-refractivity contribution in [2.75, 3.05) is 26.9 Å². The molecule has 0 amide bonds. The Hall–Kier alpha value is -2.24. The number of ether oxygens (including phenoxy) is 3. The lowest BCUT2D eigenvalue weighted by Crippen LogP contribution is -2.33. The second-order valence-corrected chi connectivity index (χ2v) is 6.55. The quantitative estimate of drug-likeness (QED) is 0.930. The Balaban J connectivity index is 1.59. The monoisotopic (exact) mass is 341 g/mol. The average molecular weight is 341 g/mol. The van der Waals surface area contributed by atoms with E-state index in [0.717, 1.165) is 41.3 Å². The van der Waals surface area contributed by atoms with Gasteiger partial charge in [0.2, 0.25) is 0 Å². The van der Waals surface area contributed by atoms with Gasteiger partial charge in [0.15, 0.2) is 11.5 Å². The summed E-state index contributed by atoms with van der Waals surface area (Å²) in [6.45, 7) is 3.42. The van der Waals surface area contributed by atoms with Crippen LogP contribution in [0.2, 0.25) is 0 Å². The molecule has 1 atom stereocenters. The molecular formula is C20H23NO4. The van der Waals surface area contributed by atoms with Crippen LogP contribution in [-0.2, 0) is 13.1 Å². The standard InChI is InChI=1S/C20H23NO4/c1-23-18-10-20-19(24-7-4-8-25-20)9-15(18)12-21-11-14-5-2-3-6-16(14)17(22)13-21/h2-3,5-6,9-10,17,22H,4,7-8,11-13H2,1H3/t17-/m0/s1. The largest absolute Gasteiger partial charge is 0.496 e. The number of aliphatic hydroxyl groups excluding tert-OH is 1. The fourth-order valence-corrected chi connectivity index (χ4v) is 3.56. The highest BCUT2D eigenvalue weighted by atomic mass is 16.5. The van der Waals surface area contributed by atoms with Gasteiger partial charge in [-0.15, -0.1) is 0 Å². The molecule has 4 rings (SSSR count). The second kappa shape index (κ2) is 6.94. The second-order valence-electron chi connectivity index (χ2n) is 6.55. The van der Waals surface area contributed by atoms with Crippen LogP contribution in [0.3, 0.4) is 0 Å². The van der Waals surface area contributed by atoms with Gasteiger partial charge >= 0.3 is 0 Å². The fraction of sp³-hybridized carbons (Fsp3) is 0.400. The number of hydrogen-bond acceptors (Lipinski definition) is 5. The number of aliphatic hydroxyl groups is 1. The fourth-order valence-electron chi connectivity index (χ4n) is 3.56. The Kier molecular flexibility index (Phi) is 4.51. The van der Waals surface area contributed by atoms with Crippen LogP contribution in [0.4, 0.5) is 0 Å². The van der Waals surface area contributed by atoms with Gasteiger partial charge in [-0.1, -0.05) is 24.3 Å². The predicted octanol–water partition coefficient (Wildman–Crippen LogP) is 2.91. The van der Waals surface area contributed by atoms with Crippen molar-refractivity contribution >= 4 is 0 Å². The van der Waals surface area contributed by atoms with Gasteiger partial charge in [0.1, 0.15) is 5.75 Å². The molecule has 2 aromatic rings. The highest BCUT2D eigenvalue weighted by Crippen LogP contribution is 2.38. The van der Waals surface area contributed by atoms with E-state index in [2.05, 4.69) is 11.0 Å². The van der Waals surface area contributed by atoms with E-state index < -0.39 is 6.10 Å². The van der Waals surface area contributed by atoms with Gasteiger partial charge in [0.05, 0.1) is 26.4 Å². The zero-order valence-corrected chi connectivity index (χ0v) is 14.4. The van der Waals surface area contributed by atoms with E-state index in [1.54, 1.807) is 7.11 Å². The number of methoxy groups -OCH3 is 1. The molecule has 0 unspecified atom stereocenters. The molecule has 0 radical (unpaired) electrons. The van der Waals surface area contributed by atoms with E-state index in [4.69, 9.17) is 14.2 Å². The van der Waals surface area contributed by atoms with Crippen LogP contribution in [-0.4, -0.2) is 36.9 Å². The van der Waals surface area contributed by atoms with E-state index in [9.17, 15) is 5.11 Å². The molecular weight excluding hydrogens is 318 g/mol. The molecule has 1 N–H and O–H groups in total. The Bertz CT molecular complexity index is 761. The van der Waals surface area contributed by atoms with E-state index in [0.29, 0.717) is 26.3 Å². The third-order valence-electron chi connectivity index (χ3n) is 4.78. The first-order valence-electron chi connectivity index (χ1n) is 8.69. The lowest BCUT2D eigenvalue weighted by Gasteiger charge is -2.32. The summed E-state index contributed by atoms with van der Waals surface area (Å²) in [5.41, 5.74) is 3.25. The summed E-state index contributed by atoms with van der Waals surface area (Å²) in [4.78, 5) is 2.23. The topological polar surface area (TPSA) is 51.2 Å². The minimum absolute atomic E-state index is 0.462. The van der Waals surface area contributed by atoms with Crippen molar-refractivity contribution in [2.24, 2.45) is 0 Å². The van der Waals surface area contributed by atoms with E-state index in [1.807, 2.05) is 30.3 Å². The molecule has 2 heterocycles. The van der Waals surface area contributed by atoms with Crippen molar-refractivity contribution in [2.45, 2.75) is 25.6 Å². The number of β-amino-alcohol motifs (C(OH)–C–C–N with tert-alkyl or cyclic N) is 1. The molecule has 0 aromatic heterocycles. The highest BCUT2D eigenvalue weighted by molar-refractivity contribution is 5.51. The summed E-state index contributed by atoms with van der Waals surface area (Å²) in [6, 6.07) is 12.0. The molecule has 25 heavy (non-hydrogen) atoms. The van der Waals surface area contributed by atoms with E-state index in [1.165, 1.54) is 5.56 Å². The maximum Gasteiger partial charge on any atom is 0.164 e. The molecule has 2 aliphatic rings.